The van der Waals surface area contributed by atoms with Crippen molar-refractivity contribution in [1.29, 1.82) is 0 Å². The van der Waals surface area contributed by atoms with Crippen LogP contribution in [0.3, 0.4) is 0 Å². The monoisotopic (exact) mass is 392 g/mol. The van der Waals surface area contributed by atoms with E-state index in [-0.39, 0.29) is 6.09 Å². The number of hydrogen-bond donors (Lipinski definition) is 1. The van der Waals surface area contributed by atoms with Crippen molar-refractivity contribution in [2.75, 3.05) is 32.8 Å². The number of aromatic amines is 1. The molecule has 1 saturated heterocycles. The summed E-state index contributed by atoms with van der Waals surface area (Å²) in [5.41, 5.74) is 0.0144. The number of carbonyl (C=O) groups excluding carboxylic acids is 1. The molecule has 1 aliphatic heterocycles. The maximum absolute atomic E-state index is 12.3. The van der Waals surface area contributed by atoms with E-state index in [1.165, 1.54) is 0 Å². The smallest absolute Gasteiger partial charge is 0.409 e. The van der Waals surface area contributed by atoms with Crippen LogP contribution in [0.15, 0.2) is 9.59 Å². The zero-order chi connectivity index (χ0) is 20.3. The number of rotatable bonds is 6. The van der Waals surface area contributed by atoms with E-state index in [9.17, 15) is 14.4 Å². The molecule has 2 aromatic rings. The van der Waals surface area contributed by atoms with E-state index in [0.717, 1.165) is 18.7 Å². The van der Waals surface area contributed by atoms with E-state index < -0.39 is 11.2 Å². The van der Waals surface area contributed by atoms with E-state index in [4.69, 9.17) is 4.74 Å². The van der Waals surface area contributed by atoms with Crippen LogP contribution in [0.5, 0.6) is 0 Å². The molecule has 3 heterocycles. The highest BCUT2D eigenvalue weighted by Gasteiger charge is 2.24. The third-order valence-electron chi connectivity index (χ3n) is 5.10. The minimum Gasteiger partial charge on any atom is -0.450 e. The number of carbonyl (C=O) groups is 1. The molecule has 0 unspecified atom stereocenters. The van der Waals surface area contributed by atoms with Gasteiger partial charge in [-0.25, -0.2) is 14.6 Å². The number of nitrogens with zero attached hydrogens (tertiary/aromatic N) is 5. The van der Waals surface area contributed by atoms with Gasteiger partial charge in [-0.3, -0.25) is 19.2 Å². The molecule has 1 amide bonds. The number of H-pyrrole nitrogens is 1. The van der Waals surface area contributed by atoms with Gasteiger partial charge in [-0.15, -0.1) is 0 Å². The van der Waals surface area contributed by atoms with E-state index >= 15 is 0 Å². The maximum Gasteiger partial charge on any atom is 0.409 e. The minimum absolute atomic E-state index is 0.281. The van der Waals surface area contributed by atoms with E-state index in [2.05, 4.69) is 14.9 Å². The van der Waals surface area contributed by atoms with Gasteiger partial charge in [-0.1, -0.05) is 13.3 Å². The summed E-state index contributed by atoms with van der Waals surface area (Å²) in [6, 6.07) is 0. The third-order valence-corrected chi connectivity index (χ3v) is 5.10. The Hall–Kier alpha value is -2.62. The summed E-state index contributed by atoms with van der Waals surface area (Å²) < 4.78 is 8.35. The summed E-state index contributed by atoms with van der Waals surface area (Å²) in [6.07, 6.45) is 1.50. The first-order valence-electron chi connectivity index (χ1n) is 9.78. The number of ether oxygens (including phenoxy) is 1. The first-order chi connectivity index (χ1) is 13.5. The quantitative estimate of drug-likeness (QED) is 0.767. The van der Waals surface area contributed by atoms with Gasteiger partial charge in [0, 0.05) is 39.8 Å². The molecule has 0 aromatic carbocycles. The fourth-order valence-corrected chi connectivity index (χ4v) is 3.46. The molecule has 1 fully saturated rings. The highest BCUT2D eigenvalue weighted by atomic mass is 16.6. The lowest BCUT2D eigenvalue weighted by atomic mass is 10.3. The number of imidazole rings is 1. The summed E-state index contributed by atoms with van der Waals surface area (Å²) in [5, 5.41) is 0. The fourth-order valence-electron chi connectivity index (χ4n) is 3.46. The van der Waals surface area contributed by atoms with Crippen molar-refractivity contribution in [3.63, 3.8) is 0 Å². The van der Waals surface area contributed by atoms with Gasteiger partial charge in [-0.05, 0) is 13.3 Å². The van der Waals surface area contributed by atoms with E-state index in [1.807, 2.05) is 6.92 Å². The number of piperazine rings is 1. The van der Waals surface area contributed by atoms with E-state index in [0.29, 0.717) is 57.0 Å². The minimum atomic E-state index is -0.418. The van der Waals surface area contributed by atoms with Crippen molar-refractivity contribution >= 4 is 17.3 Å². The van der Waals surface area contributed by atoms with Gasteiger partial charge in [-0.2, -0.15) is 0 Å². The molecule has 1 aliphatic rings. The van der Waals surface area contributed by atoms with Crippen molar-refractivity contribution in [3.05, 3.63) is 26.7 Å². The molecule has 1 N–H and O–H groups in total. The standard InChI is InChI=1S/C18H28N6O4/c1-4-6-7-24-15-14(16(25)20-17(24)26)21(3)13(19-15)12-22-8-10-23(11-9-22)18(27)28-5-2/h4-12H2,1-3H3,(H,20,25,26). The predicted molar refractivity (Wildman–Crippen MR) is 104 cm³/mol. The van der Waals surface area contributed by atoms with Crippen molar-refractivity contribution in [2.24, 2.45) is 7.05 Å². The summed E-state index contributed by atoms with van der Waals surface area (Å²) in [5.74, 6) is 0.723. The Bertz CT molecular complexity index is 951. The topological polar surface area (TPSA) is 105 Å². The van der Waals surface area contributed by atoms with Gasteiger partial charge in [0.25, 0.3) is 5.56 Å². The Balaban J connectivity index is 1.80. The van der Waals surface area contributed by atoms with Gasteiger partial charge in [0.15, 0.2) is 11.2 Å². The lowest BCUT2D eigenvalue weighted by molar-refractivity contribution is 0.0770. The summed E-state index contributed by atoms with van der Waals surface area (Å²) >= 11 is 0. The zero-order valence-electron chi connectivity index (χ0n) is 16.7. The molecule has 3 rings (SSSR count). The van der Waals surface area contributed by atoms with Crippen LogP contribution < -0.4 is 11.2 Å². The maximum atomic E-state index is 12.3. The first kappa shape index (κ1) is 20.1. The molecule has 0 atom stereocenters. The fraction of sp³-hybridized carbons (Fsp3) is 0.667. The molecule has 0 bridgehead atoms. The van der Waals surface area contributed by atoms with Crippen molar-refractivity contribution in [2.45, 2.75) is 39.8 Å². The lowest BCUT2D eigenvalue weighted by Crippen LogP contribution is -2.48. The van der Waals surface area contributed by atoms with Crippen LogP contribution in [0.4, 0.5) is 4.79 Å². The molecule has 0 saturated carbocycles. The Kier molecular flexibility index (Phi) is 6.18. The van der Waals surface area contributed by atoms with Crippen LogP contribution in [-0.2, 0) is 24.9 Å². The molecule has 2 aromatic heterocycles. The van der Waals surface area contributed by atoms with Crippen LogP contribution in [0, 0.1) is 0 Å². The SMILES string of the molecule is CCCCn1c(=O)[nH]c(=O)c2c1nc(CN1CCN(C(=O)OCC)CC1)n2C. The van der Waals surface area contributed by atoms with Crippen LogP contribution in [-0.4, -0.2) is 67.8 Å². The number of amides is 1. The second-order valence-electron chi connectivity index (χ2n) is 6.99. The predicted octanol–water partition coefficient (Wildman–Crippen LogP) is 0.498. The molecule has 0 radical (unpaired) electrons. The average molecular weight is 392 g/mol. The molecule has 28 heavy (non-hydrogen) atoms. The van der Waals surface area contributed by atoms with Gasteiger partial charge in [0.05, 0.1) is 13.2 Å². The number of aryl methyl sites for hydroxylation is 2. The Morgan fingerprint density at radius 2 is 1.89 bits per heavy atom. The van der Waals surface area contributed by atoms with E-state index in [1.54, 1.807) is 28.0 Å². The zero-order valence-corrected chi connectivity index (χ0v) is 16.7. The molecule has 0 aliphatic carbocycles. The summed E-state index contributed by atoms with van der Waals surface area (Å²) in [4.78, 5) is 47.3. The van der Waals surface area contributed by atoms with Crippen molar-refractivity contribution < 1.29 is 9.53 Å². The highest BCUT2D eigenvalue weighted by molar-refractivity contribution is 5.70. The average Bonchev–Trinajstić information content (AvgIpc) is 2.99. The Morgan fingerprint density at radius 3 is 2.54 bits per heavy atom. The van der Waals surface area contributed by atoms with Crippen LogP contribution in [0.25, 0.3) is 11.2 Å². The summed E-state index contributed by atoms with van der Waals surface area (Å²) in [7, 11) is 1.80. The molecule has 10 heteroatoms. The highest BCUT2D eigenvalue weighted by Crippen LogP contribution is 2.14. The molecule has 10 nitrogen and oxygen atoms in total. The number of fused-ring (bicyclic) bond motifs is 1. The van der Waals surface area contributed by atoms with Crippen LogP contribution in [0.1, 0.15) is 32.5 Å². The molecular weight excluding hydrogens is 364 g/mol. The second-order valence-corrected chi connectivity index (χ2v) is 6.99. The van der Waals surface area contributed by atoms with Crippen molar-refractivity contribution in [1.82, 2.24) is 28.9 Å². The molecular formula is C18H28N6O4. The van der Waals surface area contributed by atoms with Crippen LogP contribution in [0.2, 0.25) is 0 Å². The molecule has 154 valence electrons. The first-order valence-corrected chi connectivity index (χ1v) is 9.78. The van der Waals surface area contributed by atoms with Crippen LogP contribution >= 0.6 is 0 Å². The Morgan fingerprint density at radius 1 is 1.18 bits per heavy atom. The Labute approximate surface area is 162 Å². The van der Waals surface area contributed by atoms with Gasteiger partial charge in [0.2, 0.25) is 0 Å². The largest absolute Gasteiger partial charge is 0.450 e. The number of aromatic nitrogens is 4. The van der Waals surface area contributed by atoms with Gasteiger partial charge in [0.1, 0.15) is 5.82 Å². The van der Waals surface area contributed by atoms with Gasteiger partial charge < -0.3 is 14.2 Å². The molecule has 0 spiro atoms. The van der Waals surface area contributed by atoms with Gasteiger partial charge >= 0.3 is 11.8 Å². The second kappa shape index (κ2) is 8.59. The number of unbranched alkanes of at least 4 members (excludes halogenated alkanes) is 1. The van der Waals surface area contributed by atoms with Crippen molar-refractivity contribution in [3.8, 4) is 0 Å². The normalized spacial score (nSPS) is 15.3. The summed E-state index contributed by atoms with van der Waals surface area (Å²) in [6.45, 7) is 7.85. The number of hydrogen-bond acceptors (Lipinski definition) is 6. The lowest BCUT2D eigenvalue weighted by Gasteiger charge is -2.33. The third kappa shape index (κ3) is 3.96. The number of nitrogens with one attached hydrogen (secondary N) is 1.